The van der Waals surface area contributed by atoms with Crippen LogP contribution in [0.25, 0.3) is 0 Å². The number of halogens is 1. The summed E-state index contributed by atoms with van der Waals surface area (Å²) in [5, 5.41) is 7.81. The SMILES string of the molecule is C=C(C)COCCNCc1c(Br)c(C)nn1CC. The van der Waals surface area contributed by atoms with Crippen LogP contribution in [0.3, 0.4) is 0 Å². The van der Waals surface area contributed by atoms with E-state index in [9.17, 15) is 0 Å². The van der Waals surface area contributed by atoms with Crippen molar-refractivity contribution in [2.24, 2.45) is 0 Å². The Hall–Kier alpha value is -0.650. The Morgan fingerprint density at radius 1 is 1.56 bits per heavy atom. The summed E-state index contributed by atoms with van der Waals surface area (Å²) in [6.45, 7) is 13.7. The Morgan fingerprint density at radius 3 is 2.89 bits per heavy atom. The highest BCUT2D eigenvalue weighted by molar-refractivity contribution is 9.10. The first-order valence-corrected chi connectivity index (χ1v) is 7.00. The van der Waals surface area contributed by atoms with E-state index in [-0.39, 0.29) is 0 Å². The highest BCUT2D eigenvalue weighted by atomic mass is 79.9. The van der Waals surface area contributed by atoms with Crippen LogP contribution in [0, 0.1) is 6.92 Å². The molecule has 0 saturated heterocycles. The second-order valence-corrected chi connectivity index (χ2v) is 5.14. The average Bonchev–Trinajstić information content (AvgIpc) is 2.60. The van der Waals surface area contributed by atoms with Crippen LogP contribution in [-0.2, 0) is 17.8 Å². The zero-order valence-corrected chi connectivity index (χ0v) is 13.0. The first-order chi connectivity index (χ1) is 8.56. The van der Waals surface area contributed by atoms with Gasteiger partial charge in [-0.25, -0.2) is 0 Å². The van der Waals surface area contributed by atoms with Gasteiger partial charge in [0.25, 0.3) is 0 Å². The molecule has 1 rings (SSSR count). The molecule has 0 spiro atoms. The minimum absolute atomic E-state index is 0.636. The maximum atomic E-state index is 5.43. The number of hydrogen-bond donors (Lipinski definition) is 1. The molecule has 0 atom stereocenters. The van der Waals surface area contributed by atoms with Gasteiger partial charge in [0.05, 0.1) is 29.1 Å². The van der Waals surface area contributed by atoms with Gasteiger partial charge in [-0.05, 0) is 36.7 Å². The van der Waals surface area contributed by atoms with E-state index in [0.29, 0.717) is 13.2 Å². The predicted molar refractivity (Wildman–Crippen MR) is 77.7 cm³/mol. The molecule has 1 N–H and O–H groups in total. The van der Waals surface area contributed by atoms with Gasteiger partial charge in [0.2, 0.25) is 0 Å². The van der Waals surface area contributed by atoms with Crippen LogP contribution in [0.4, 0.5) is 0 Å². The molecule has 0 radical (unpaired) electrons. The molecule has 0 unspecified atom stereocenters. The third kappa shape index (κ3) is 4.55. The molecule has 0 fully saturated rings. The van der Waals surface area contributed by atoms with E-state index in [2.05, 4.69) is 39.8 Å². The van der Waals surface area contributed by atoms with Crippen molar-refractivity contribution in [3.8, 4) is 0 Å². The lowest BCUT2D eigenvalue weighted by atomic mass is 10.3. The second-order valence-electron chi connectivity index (χ2n) is 4.35. The van der Waals surface area contributed by atoms with Crippen molar-refractivity contribution in [2.75, 3.05) is 19.8 Å². The number of hydrogen-bond acceptors (Lipinski definition) is 3. The molecule has 0 aliphatic heterocycles. The minimum atomic E-state index is 0.636. The lowest BCUT2D eigenvalue weighted by Crippen LogP contribution is -2.21. The Morgan fingerprint density at radius 2 is 2.28 bits per heavy atom. The standard InChI is InChI=1S/C13H22BrN3O/c1-5-17-12(13(14)11(4)16-17)8-15-6-7-18-9-10(2)3/h15H,2,5-9H2,1,3-4H3. The molecule has 0 aliphatic rings. The molecule has 102 valence electrons. The average molecular weight is 316 g/mol. The predicted octanol–water partition coefficient (Wildman–Crippen LogP) is 2.66. The molecule has 1 aromatic rings. The fraction of sp³-hybridized carbons (Fsp3) is 0.615. The number of aryl methyl sites for hydroxylation is 2. The van der Waals surface area contributed by atoms with Gasteiger partial charge in [-0.15, -0.1) is 0 Å². The van der Waals surface area contributed by atoms with Crippen molar-refractivity contribution in [1.82, 2.24) is 15.1 Å². The fourth-order valence-electron chi connectivity index (χ4n) is 1.64. The Labute approximate surface area is 118 Å². The topological polar surface area (TPSA) is 39.1 Å². The third-order valence-corrected chi connectivity index (χ3v) is 3.55. The zero-order valence-electron chi connectivity index (χ0n) is 11.4. The first-order valence-electron chi connectivity index (χ1n) is 6.20. The molecular weight excluding hydrogens is 294 g/mol. The van der Waals surface area contributed by atoms with Crippen LogP contribution in [-0.4, -0.2) is 29.5 Å². The van der Waals surface area contributed by atoms with Gasteiger partial charge in [-0.3, -0.25) is 4.68 Å². The maximum Gasteiger partial charge on any atom is 0.0739 e. The van der Waals surface area contributed by atoms with E-state index in [1.54, 1.807) is 0 Å². The molecule has 0 saturated carbocycles. The molecule has 1 aromatic heterocycles. The molecule has 5 heteroatoms. The van der Waals surface area contributed by atoms with E-state index >= 15 is 0 Å². The number of nitrogens with one attached hydrogen (secondary N) is 1. The highest BCUT2D eigenvalue weighted by Gasteiger charge is 2.10. The normalized spacial score (nSPS) is 10.9. The van der Waals surface area contributed by atoms with Gasteiger partial charge in [0.15, 0.2) is 0 Å². The van der Waals surface area contributed by atoms with Crippen molar-refractivity contribution in [2.45, 2.75) is 33.9 Å². The summed E-state index contributed by atoms with van der Waals surface area (Å²) >= 11 is 3.58. The Kier molecular flexibility index (Phi) is 6.60. The smallest absolute Gasteiger partial charge is 0.0739 e. The quantitative estimate of drug-likeness (QED) is 0.592. The highest BCUT2D eigenvalue weighted by Crippen LogP contribution is 2.20. The number of aromatic nitrogens is 2. The molecular formula is C13H22BrN3O. The van der Waals surface area contributed by atoms with Crippen LogP contribution in [0.1, 0.15) is 25.2 Å². The van der Waals surface area contributed by atoms with Crippen LogP contribution in [0.2, 0.25) is 0 Å². The van der Waals surface area contributed by atoms with Gasteiger partial charge in [-0.1, -0.05) is 12.2 Å². The van der Waals surface area contributed by atoms with E-state index < -0.39 is 0 Å². The van der Waals surface area contributed by atoms with Crippen LogP contribution < -0.4 is 5.32 Å². The van der Waals surface area contributed by atoms with Crippen LogP contribution in [0.5, 0.6) is 0 Å². The lowest BCUT2D eigenvalue weighted by molar-refractivity contribution is 0.157. The van der Waals surface area contributed by atoms with Gasteiger partial charge >= 0.3 is 0 Å². The monoisotopic (exact) mass is 315 g/mol. The van der Waals surface area contributed by atoms with Crippen molar-refractivity contribution in [3.05, 3.63) is 28.0 Å². The Bertz CT molecular complexity index is 401. The van der Waals surface area contributed by atoms with Gasteiger partial charge in [-0.2, -0.15) is 5.10 Å². The lowest BCUT2D eigenvalue weighted by Gasteiger charge is -2.08. The molecule has 4 nitrogen and oxygen atoms in total. The van der Waals surface area contributed by atoms with Crippen LogP contribution >= 0.6 is 15.9 Å². The minimum Gasteiger partial charge on any atom is -0.376 e. The largest absolute Gasteiger partial charge is 0.376 e. The van der Waals surface area contributed by atoms with Crippen molar-refractivity contribution in [3.63, 3.8) is 0 Å². The van der Waals surface area contributed by atoms with E-state index in [1.807, 2.05) is 18.5 Å². The number of rotatable bonds is 8. The fourth-order valence-corrected chi connectivity index (χ4v) is 2.06. The molecule has 0 bridgehead atoms. The molecule has 18 heavy (non-hydrogen) atoms. The van der Waals surface area contributed by atoms with Crippen molar-refractivity contribution in [1.29, 1.82) is 0 Å². The molecule has 0 amide bonds. The summed E-state index contributed by atoms with van der Waals surface area (Å²) in [6, 6.07) is 0. The van der Waals surface area contributed by atoms with E-state index in [1.165, 1.54) is 5.69 Å². The van der Waals surface area contributed by atoms with Gasteiger partial charge < -0.3 is 10.1 Å². The van der Waals surface area contributed by atoms with E-state index in [0.717, 1.165) is 35.4 Å². The molecule has 0 aliphatic carbocycles. The second kappa shape index (κ2) is 7.71. The number of nitrogens with zero attached hydrogens (tertiary/aromatic N) is 2. The number of ether oxygens (including phenoxy) is 1. The molecule has 0 aromatic carbocycles. The summed E-state index contributed by atoms with van der Waals surface area (Å²) in [5.74, 6) is 0. The first kappa shape index (κ1) is 15.4. The molecule has 1 heterocycles. The maximum absolute atomic E-state index is 5.43. The third-order valence-electron chi connectivity index (χ3n) is 2.52. The Balaban J connectivity index is 2.33. The van der Waals surface area contributed by atoms with E-state index in [4.69, 9.17) is 4.74 Å². The van der Waals surface area contributed by atoms with Crippen molar-refractivity contribution >= 4 is 15.9 Å². The summed E-state index contributed by atoms with van der Waals surface area (Å²) in [4.78, 5) is 0. The zero-order chi connectivity index (χ0) is 13.5. The summed E-state index contributed by atoms with van der Waals surface area (Å²) < 4.78 is 8.54. The van der Waals surface area contributed by atoms with Gasteiger partial charge in [0.1, 0.15) is 0 Å². The summed E-state index contributed by atoms with van der Waals surface area (Å²) in [7, 11) is 0. The van der Waals surface area contributed by atoms with Crippen molar-refractivity contribution < 1.29 is 4.74 Å². The van der Waals surface area contributed by atoms with Gasteiger partial charge in [0, 0.05) is 19.6 Å². The summed E-state index contributed by atoms with van der Waals surface area (Å²) in [6.07, 6.45) is 0. The summed E-state index contributed by atoms with van der Waals surface area (Å²) in [5.41, 5.74) is 3.28. The van der Waals surface area contributed by atoms with Crippen LogP contribution in [0.15, 0.2) is 16.6 Å².